The average Bonchev–Trinajstić information content (AvgIpc) is 2.42. The van der Waals surface area contributed by atoms with Crippen LogP contribution in [0.4, 0.5) is 5.69 Å². The molecule has 110 valence electrons. The number of nitrogens with two attached hydrogens (primary N) is 3. The minimum Gasteiger partial charge on any atom is -0.460 e. The predicted molar refractivity (Wildman–Crippen MR) is 79.1 cm³/mol. The van der Waals surface area contributed by atoms with E-state index >= 15 is 0 Å². The van der Waals surface area contributed by atoms with Gasteiger partial charge in [-0.1, -0.05) is 32.4 Å². The summed E-state index contributed by atoms with van der Waals surface area (Å²) in [4.78, 5) is 15.7. The first-order chi connectivity index (χ1) is 9.43. The number of carbonyl (C=O) groups is 1. The molecular formula is C14H22N4O2. The van der Waals surface area contributed by atoms with Crippen molar-refractivity contribution in [2.45, 2.75) is 32.9 Å². The molecule has 0 heterocycles. The van der Waals surface area contributed by atoms with Gasteiger partial charge in [-0.3, -0.25) is 4.79 Å². The van der Waals surface area contributed by atoms with E-state index in [4.69, 9.17) is 21.9 Å². The van der Waals surface area contributed by atoms with Crippen LogP contribution in [-0.2, 0) is 16.1 Å². The van der Waals surface area contributed by atoms with E-state index in [0.29, 0.717) is 5.69 Å². The highest BCUT2D eigenvalue weighted by molar-refractivity contribution is 5.79. The summed E-state index contributed by atoms with van der Waals surface area (Å²) in [6.45, 7) is 4.05. The molecule has 0 spiro atoms. The van der Waals surface area contributed by atoms with Crippen LogP contribution in [0.3, 0.4) is 0 Å². The van der Waals surface area contributed by atoms with Crippen molar-refractivity contribution in [1.29, 1.82) is 0 Å². The molecule has 6 N–H and O–H groups in total. The van der Waals surface area contributed by atoms with E-state index in [-0.39, 0.29) is 18.5 Å². The minimum atomic E-state index is -0.596. The highest BCUT2D eigenvalue weighted by Crippen LogP contribution is 2.15. The Balaban J connectivity index is 2.62. The van der Waals surface area contributed by atoms with E-state index in [1.54, 1.807) is 18.2 Å². The van der Waals surface area contributed by atoms with Crippen molar-refractivity contribution in [1.82, 2.24) is 0 Å². The molecule has 0 saturated heterocycles. The van der Waals surface area contributed by atoms with Gasteiger partial charge in [0, 0.05) is 0 Å². The fourth-order valence-corrected chi connectivity index (χ4v) is 1.60. The molecule has 0 aliphatic carbocycles. The summed E-state index contributed by atoms with van der Waals surface area (Å²) in [6.07, 6.45) is 0.830. The molecular weight excluding hydrogens is 256 g/mol. The standard InChI is InChI=1S/C14H22N4O2/c1-3-9(2)12(15)13(19)20-8-10-5-4-6-11(7-10)18-14(16)17/h4-7,9,12H,3,8,15H2,1-2H3,(H4,16,17,18)/t9?,12-/m0/s1. The molecule has 0 amide bonds. The second-order valence-corrected chi connectivity index (χ2v) is 4.73. The van der Waals surface area contributed by atoms with Gasteiger partial charge >= 0.3 is 5.97 Å². The van der Waals surface area contributed by atoms with E-state index in [1.807, 2.05) is 19.9 Å². The lowest BCUT2D eigenvalue weighted by Gasteiger charge is -2.16. The van der Waals surface area contributed by atoms with Crippen LogP contribution in [0.25, 0.3) is 0 Å². The number of ether oxygens (including phenoxy) is 1. The minimum absolute atomic E-state index is 0.0158. The van der Waals surface area contributed by atoms with Gasteiger partial charge in [0.2, 0.25) is 0 Å². The van der Waals surface area contributed by atoms with E-state index in [2.05, 4.69) is 4.99 Å². The third-order valence-electron chi connectivity index (χ3n) is 3.08. The van der Waals surface area contributed by atoms with Crippen molar-refractivity contribution in [2.75, 3.05) is 0 Å². The lowest BCUT2D eigenvalue weighted by atomic mass is 10.0. The largest absolute Gasteiger partial charge is 0.460 e. The van der Waals surface area contributed by atoms with Crippen LogP contribution in [0.5, 0.6) is 0 Å². The number of esters is 1. The van der Waals surface area contributed by atoms with Gasteiger partial charge in [0.25, 0.3) is 0 Å². The molecule has 0 fully saturated rings. The van der Waals surface area contributed by atoms with Crippen molar-refractivity contribution in [3.63, 3.8) is 0 Å². The predicted octanol–water partition coefficient (Wildman–Crippen LogP) is 1.01. The molecule has 0 bridgehead atoms. The van der Waals surface area contributed by atoms with Gasteiger partial charge in [-0.2, -0.15) is 0 Å². The van der Waals surface area contributed by atoms with Gasteiger partial charge in [0.1, 0.15) is 12.6 Å². The van der Waals surface area contributed by atoms with Crippen molar-refractivity contribution in [3.05, 3.63) is 29.8 Å². The number of aliphatic imine (C=N–C) groups is 1. The number of hydrogen-bond donors (Lipinski definition) is 3. The fourth-order valence-electron chi connectivity index (χ4n) is 1.60. The quantitative estimate of drug-likeness (QED) is 0.408. The lowest BCUT2D eigenvalue weighted by molar-refractivity contribution is -0.147. The third-order valence-corrected chi connectivity index (χ3v) is 3.08. The number of hydrogen-bond acceptors (Lipinski definition) is 4. The van der Waals surface area contributed by atoms with Crippen LogP contribution in [0, 0.1) is 5.92 Å². The summed E-state index contributed by atoms with van der Waals surface area (Å²) in [5.41, 5.74) is 17.8. The molecule has 0 radical (unpaired) electrons. The first-order valence-electron chi connectivity index (χ1n) is 6.54. The zero-order valence-electron chi connectivity index (χ0n) is 11.9. The Morgan fingerprint density at radius 1 is 1.40 bits per heavy atom. The summed E-state index contributed by atoms with van der Waals surface area (Å²) in [7, 11) is 0. The summed E-state index contributed by atoms with van der Waals surface area (Å²) >= 11 is 0. The average molecular weight is 278 g/mol. The van der Waals surface area contributed by atoms with Crippen molar-refractivity contribution >= 4 is 17.6 Å². The summed E-state index contributed by atoms with van der Waals surface area (Å²) < 4.78 is 5.20. The Morgan fingerprint density at radius 2 is 2.10 bits per heavy atom. The third kappa shape index (κ3) is 4.89. The molecule has 6 heteroatoms. The highest BCUT2D eigenvalue weighted by Gasteiger charge is 2.20. The first-order valence-corrected chi connectivity index (χ1v) is 6.54. The number of benzene rings is 1. The van der Waals surface area contributed by atoms with Crippen LogP contribution in [-0.4, -0.2) is 18.0 Å². The maximum Gasteiger partial charge on any atom is 0.323 e. The molecule has 0 aromatic heterocycles. The Hall–Kier alpha value is -2.08. The van der Waals surface area contributed by atoms with Gasteiger partial charge in [-0.05, 0) is 23.6 Å². The fraction of sp³-hybridized carbons (Fsp3) is 0.429. The van der Waals surface area contributed by atoms with E-state index < -0.39 is 12.0 Å². The smallest absolute Gasteiger partial charge is 0.323 e. The van der Waals surface area contributed by atoms with E-state index in [1.165, 1.54) is 0 Å². The number of guanidine groups is 1. The van der Waals surface area contributed by atoms with Crippen molar-refractivity contribution in [2.24, 2.45) is 28.1 Å². The van der Waals surface area contributed by atoms with Crippen LogP contribution < -0.4 is 17.2 Å². The summed E-state index contributed by atoms with van der Waals surface area (Å²) in [5, 5.41) is 0. The van der Waals surface area contributed by atoms with Gasteiger partial charge in [0.15, 0.2) is 5.96 Å². The summed E-state index contributed by atoms with van der Waals surface area (Å²) in [5.74, 6) is -0.319. The van der Waals surface area contributed by atoms with E-state index in [0.717, 1.165) is 12.0 Å². The van der Waals surface area contributed by atoms with Crippen LogP contribution in [0.15, 0.2) is 29.3 Å². The van der Waals surface area contributed by atoms with Gasteiger partial charge < -0.3 is 21.9 Å². The molecule has 2 atom stereocenters. The van der Waals surface area contributed by atoms with Gasteiger partial charge in [-0.25, -0.2) is 4.99 Å². The van der Waals surface area contributed by atoms with E-state index in [9.17, 15) is 4.79 Å². The molecule has 6 nitrogen and oxygen atoms in total. The molecule has 1 unspecified atom stereocenters. The van der Waals surface area contributed by atoms with Crippen LogP contribution in [0.2, 0.25) is 0 Å². The molecule has 1 rings (SSSR count). The van der Waals surface area contributed by atoms with Crippen LogP contribution in [0.1, 0.15) is 25.8 Å². The monoisotopic (exact) mass is 278 g/mol. The second-order valence-electron chi connectivity index (χ2n) is 4.73. The highest BCUT2D eigenvalue weighted by atomic mass is 16.5. The molecule has 0 aliphatic heterocycles. The molecule has 1 aromatic carbocycles. The second kappa shape index (κ2) is 7.49. The Bertz CT molecular complexity index is 484. The number of nitrogens with zero attached hydrogens (tertiary/aromatic N) is 1. The Morgan fingerprint density at radius 3 is 2.70 bits per heavy atom. The van der Waals surface area contributed by atoms with Crippen molar-refractivity contribution in [3.8, 4) is 0 Å². The normalized spacial score (nSPS) is 13.3. The lowest BCUT2D eigenvalue weighted by Crippen LogP contribution is -2.37. The number of rotatable bonds is 6. The van der Waals surface area contributed by atoms with Gasteiger partial charge in [-0.15, -0.1) is 0 Å². The topological polar surface area (TPSA) is 117 Å². The summed E-state index contributed by atoms with van der Waals surface area (Å²) in [6, 6.07) is 6.53. The Labute approximate surface area is 119 Å². The van der Waals surface area contributed by atoms with Crippen LogP contribution >= 0.6 is 0 Å². The SMILES string of the molecule is CCC(C)[C@H](N)C(=O)OCc1cccc(N=C(N)N)c1. The molecule has 0 aliphatic rings. The maximum absolute atomic E-state index is 11.8. The molecule has 0 saturated carbocycles. The first kappa shape index (κ1) is 16.0. The zero-order valence-corrected chi connectivity index (χ0v) is 11.9. The number of carbonyl (C=O) groups excluding carboxylic acids is 1. The Kier molecular flexibility index (Phi) is 5.99. The molecule has 20 heavy (non-hydrogen) atoms. The maximum atomic E-state index is 11.8. The zero-order chi connectivity index (χ0) is 15.1. The van der Waals surface area contributed by atoms with Gasteiger partial charge in [0.05, 0.1) is 5.69 Å². The van der Waals surface area contributed by atoms with Crippen molar-refractivity contribution < 1.29 is 9.53 Å². The molecule has 1 aromatic rings.